The van der Waals surface area contributed by atoms with Gasteiger partial charge in [0.15, 0.2) is 0 Å². The number of aryl methyl sites for hydroxylation is 1. The Hall–Kier alpha value is -1.32. The van der Waals surface area contributed by atoms with Crippen LogP contribution in [0.25, 0.3) is 10.9 Å². The van der Waals surface area contributed by atoms with E-state index in [0.717, 1.165) is 5.69 Å². The zero-order chi connectivity index (χ0) is 10.1. The van der Waals surface area contributed by atoms with Crippen molar-refractivity contribution in [2.45, 2.75) is 6.04 Å². The van der Waals surface area contributed by atoms with E-state index in [-0.39, 0.29) is 6.04 Å². The zero-order valence-corrected chi connectivity index (χ0v) is 8.27. The first-order chi connectivity index (χ1) is 6.74. The van der Waals surface area contributed by atoms with E-state index in [1.165, 1.54) is 10.9 Å². The summed E-state index contributed by atoms with van der Waals surface area (Å²) < 4.78 is 2.10. The quantitative estimate of drug-likeness (QED) is 0.744. The molecule has 0 saturated carbocycles. The molecule has 14 heavy (non-hydrogen) atoms. The van der Waals surface area contributed by atoms with Gasteiger partial charge in [0.1, 0.15) is 0 Å². The van der Waals surface area contributed by atoms with E-state index < -0.39 is 0 Å². The first-order valence-electron chi connectivity index (χ1n) is 4.74. The highest BCUT2D eigenvalue weighted by atomic mass is 15.0. The monoisotopic (exact) mass is 189 g/mol. The molecule has 0 bridgehead atoms. The minimum absolute atomic E-state index is 0.0765. The molecule has 0 aliphatic heterocycles. The van der Waals surface area contributed by atoms with Gasteiger partial charge in [-0.05, 0) is 17.5 Å². The highest BCUT2D eigenvalue weighted by molar-refractivity contribution is 5.81. The molecule has 0 amide bonds. The van der Waals surface area contributed by atoms with Gasteiger partial charge in [-0.15, -0.1) is 0 Å². The van der Waals surface area contributed by atoms with Crippen LogP contribution in [0, 0.1) is 0 Å². The van der Waals surface area contributed by atoms with Gasteiger partial charge in [-0.1, -0.05) is 18.2 Å². The van der Waals surface area contributed by atoms with Gasteiger partial charge in [-0.25, -0.2) is 0 Å². The molecule has 1 atom stereocenters. The Morgan fingerprint density at radius 1 is 1.36 bits per heavy atom. The molecule has 0 aliphatic carbocycles. The molecule has 0 spiro atoms. The lowest BCUT2D eigenvalue weighted by molar-refractivity contribution is 0.675. The van der Waals surface area contributed by atoms with Crippen molar-refractivity contribution in [1.82, 2.24) is 4.57 Å². The molecule has 3 nitrogen and oxygen atoms in total. The van der Waals surface area contributed by atoms with Crippen molar-refractivity contribution in [3.63, 3.8) is 0 Å². The third kappa shape index (κ3) is 1.31. The number of benzene rings is 1. The van der Waals surface area contributed by atoms with Crippen LogP contribution in [0.4, 0.5) is 0 Å². The maximum atomic E-state index is 5.91. The standard InChI is InChI=1S/C11H15N3/c1-14-10-5-3-2-4-8(10)6-11(14)9(13)7-12/h2-6,9H,7,12-13H2,1H3/t9-/m1/s1. The van der Waals surface area contributed by atoms with Crippen molar-refractivity contribution < 1.29 is 0 Å². The zero-order valence-electron chi connectivity index (χ0n) is 8.27. The van der Waals surface area contributed by atoms with E-state index in [1.807, 2.05) is 19.2 Å². The second kappa shape index (κ2) is 3.44. The Bertz CT molecular complexity index is 445. The van der Waals surface area contributed by atoms with E-state index >= 15 is 0 Å². The Morgan fingerprint density at radius 2 is 2.07 bits per heavy atom. The van der Waals surface area contributed by atoms with Crippen LogP contribution in [0.2, 0.25) is 0 Å². The summed E-state index contributed by atoms with van der Waals surface area (Å²) >= 11 is 0. The predicted molar refractivity (Wildman–Crippen MR) is 58.9 cm³/mol. The molecule has 0 fully saturated rings. The molecule has 0 aliphatic rings. The predicted octanol–water partition coefficient (Wildman–Crippen LogP) is 1.14. The number of hydrogen-bond acceptors (Lipinski definition) is 2. The van der Waals surface area contributed by atoms with Gasteiger partial charge < -0.3 is 16.0 Å². The van der Waals surface area contributed by atoms with Crippen LogP contribution in [0.15, 0.2) is 30.3 Å². The van der Waals surface area contributed by atoms with Gasteiger partial charge in [0.2, 0.25) is 0 Å². The summed E-state index contributed by atoms with van der Waals surface area (Å²) in [6.07, 6.45) is 0. The molecule has 0 radical (unpaired) electrons. The van der Waals surface area contributed by atoms with Crippen molar-refractivity contribution in [2.24, 2.45) is 18.5 Å². The normalized spacial score (nSPS) is 13.4. The third-order valence-corrected chi connectivity index (χ3v) is 2.62. The number of aromatic nitrogens is 1. The molecule has 1 heterocycles. The summed E-state index contributed by atoms with van der Waals surface area (Å²) in [6, 6.07) is 10.3. The number of fused-ring (bicyclic) bond motifs is 1. The Kier molecular flexibility index (Phi) is 2.27. The third-order valence-electron chi connectivity index (χ3n) is 2.62. The van der Waals surface area contributed by atoms with Crippen molar-refractivity contribution in [3.8, 4) is 0 Å². The molecule has 2 aromatic rings. The summed E-state index contributed by atoms with van der Waals surface area (Å²) in [4.78, 5) is 0. The first kappa shape index (κ1) is 9.24. The molecular formula is C11H15N3. The molecular weight excluding hydrogens is 174 g/mol. The highest BCUT2D eigenvalue weighted by Gasteiger charge is 2.10. The summed E-state index contributed by atoms with van der Waals surface area (Å²) in [6.45, 7) is 0.476. The smallest absolute Gasteiger partial charge is 0.0574 e. The summed E-state index contributed by atoms with van der Waals surface area (Å²) in [5, 5.41) is 1.22. The number of rotatable bonds is 2. The van der Waals surface area contributed by atoms with E-state index in [9.17, 15) is 0 Å². The summed E-state index contributed by atoms with van der Waals surface area (Å²) in [5.74, 6) is 0. The number of nitrogens with zero attached hydrogens (tertiary/aromatic N) is 1. The van der Waals surface area contributed by atoms with E-state index in [2.05, 4.69) is 22.8 Å². The molecule has 4 N–H and O–H groups in total. The maximum Gasteiger partial charge on any atom is 0.0574 e. The van der Waals surface area contributed by atoms with Crippen LogP contribution >= 0.6 is 0 Å². The lowest BCUT2D eigenvalue weighted by atomic mass is 10.2. The highest BCUT2D eigenvalue weighted by Crippen LogP contribution is 2.21. The lowest BCUT2D eigenvalue weighted by Crippen LogP contribution is -2.22. The van der Waals surface area contributed by atoms with Crippen LogP contribution < -0.4 is 11.5 Å². The molecule has 74 valence electrons. The van der Waals surface area contributed by atoms with Crippen molar-refractivity contribution >= 4 is 10.9 Å². The van der Waals surface area contributed by atoms with E-state index in [4.69, 9.17) is 11.5 Å². The Labute approximate surface area is 83.3 Å². The fourth-order valence-corrected chi connectivity index (χ4v) is 1.79. The minimum Gasteiger partial charge on any atom is -0.346 e. The largest absolute Gasteiger partial charge is 0.346 e. The minimum atomic E-state index is -0.0765. The average molecular weight is 189 g/mol. The van der Waals surface area contributed by atoms with Crippen LogP contribution in [0.1, 0.15) is 11.7 Å². The fraction of sp³-hybridized carbons (Fsp3) is 0.273. The van der Waals surface area contributed by atoms with Gasteiger partial charge in [-0.2, -0.15) is 0 Å². The second-order valence-electron chi connectivity index (χ2n) is 3.53. The molecule has 3 heteroatoms. The number of hydrogen-bond donors (Lipinski definition) is 2. The first-order valence-corrected chi connectivity index (χ1v) is 4.74. The summed E-state index contributed by atoms with van der Waals surface area (Å²) in [7, 11) is 2.02. The Balaban J connectivity index is 2.62. The topological polar surface area (TPSA) is 57.0 Å². The summed E-state index contributed by atoms with van der Waals surface area (Å²) in [5.41, 5.74) is 13.8. The van der Waals surface area contributed by atoms with Crippen molar-refractivity contribution in [3.05, 3.63) is 36.0 Å². The SMILES string of the molecule is Cn1c([C@H](N)CN)cc2ccccc21. The van der Waals surface area contributed by atoms with Crippen LogP contribution in [0.5, 0.6) is 0 Å². The fourth-order valence-electron chi connectivity index (χ4n) is 1.79. The average Bonchev–Trinajstić information content (AvgIpc) is 2.56. The van der Waals surface area contributed by atoms with Gasteiger partial charge in [0.25, 0.3) is 0 Å². The number of para-hydroxylation sites is 1. The van der Waals surface area contributed by atoms with Crippen LogP contribution in [0.3, 0.4) is 0 Å². The molecule has 0 saturated heterocycles. The van der Waals surface area contributed by atoms with Gasteiger partial charge in [0, 0.05) is 24.8 Å². The van der Waals surface area contributed by atoms with Crippen LogP contribution in [-0.2, 0) is 7.05 Å². The number of nitrogens with two attached hydrogens (primary N) is 2. The van der Waals surface area contributed by atoms with Crippen molar-refractivity contribution in [2.75, 3.05) is 6.54 Å². The molecule has 2 rings (SSSR count). The molecule has 0 unspecified atom stereocenters. The van der Waals surface area contributed by atoms with Crippen LogP contribution in [-0.4, -0.2) is 11.1 Å². The maximum absolute atomic E-state index is 5.91. The lowest BCUT2D eigenvalue weighted by Gasteiger charge is -2.10. The Morgan fingerprint density at radius 3 is 2.71 bits per heavy atom. The van der Waals surface area contributed by atoms with E-state index in [1.54, 1.807) is 0 Å². The second-order valence-corrected chi connectivity index (χ2v) is 3.53. The van der Waals surface area contributed by atoms with E-state index in [0.29, 0.717) is 6.54 Å². The van der Waals surface area contributed by atoms with Gasteiger partial charge in [-0.3, -0.25) is 0 Å². The van der Waals surface area contributed by atoms with Gasteiger partial charge >= 0.3 is 0 Å². The van der Waals surface area contributed by atoms with Gasteiger partial charge in [0.05, 0.1) is 6.04 Å². The van der Waals surface area contributed by atoms with Crippen molar-refractivity contribution in [1.29, 1.82) is 0 Å². The molecule has 1 aromatic carbocycles. The molecule has 1 aromatic heterocycles.